The average molecular weight is 186 g/mol. The van der Waals surface area contributed by atoms with Gasteiger partial charge in [0.2, 0.25) is 0 Å². The molecular formula is C12H14N2. The zero-order valence-corrected chi connectivity index (χ0v) is 8.51. The Labute approximate surface area is 84.7 Å². The minimum Gasteiger partial charge on any atom is -0.262 e. The van der Waals surface area contributed by atoms with Crippen LogP contribution in [0.2, 0.25) is 0 Å². The smallest absolute Gasteiger partial charge is 0.0451 e. The van der Waals surface area contributed by atoms with Gasteiger partial charge >= 0.3 is 0 Å². The molecule has 0 fully saturated rings. The van der Waals surface area contributed by atoms with E-state index in [9.17, 15) is 0 Å². The topological polar surface area (TPSA) is 25.8 Å². The van der Waals surface area contributed by atoms with E-state index in [1.165, 1.54) is 11.1 Å². The molecule has 0 spiro atoms. The van der Waals surface area contributed by atoms with Crippen molar-refractivity contribution in [3.63, 3.8) is 0 Å². The zero-order valence-electron chi connectivity index (χ0n) is 8.51. The SMILES string of the molecule is Cc1ccccc1C.c1cnccn1. The lowest BCUT2D eigenvalue weighted by molar-refractivity contribution is 1.20. The fraction of sp³-hybridized carbons (Fsp3) is 0.167. The van der Waals surface area contributed by atoms with E-state index < -0.39 is 0 Å². The molecule has 1 aromatic heterocycles. The summed E-state index contributed by atoms with van der Waals surface area (Å²) in [6.45, 7) is 4.24. The molecule has 2 aromatic rings. The number of hydrogen-bond acceptors (Lipinski definition) is 2. The number of hydrogen-bond donors (Lipinski definition) is 0. The van der Waals surface area contributed by atoms with Crippen molar-refractivity contribution in [2.45, 2.75) is 13.8 Å². The first-order chi connectivity index (χ1) is 6.80. The standard InChI is InChI=1S/C8H10.C4H4N2/c1-7-5-3-4-6-8(7)2;1-2-6-4-3-5-1/h3-6H,1-2H3;1-4H. The molecule has 14 heavy (non-hydrogen) atoms. The second-order valence-electron chi connectivity index (χ2n) is 2.98. The van der Waals surface area contributed by atoms with Crippen LogP contribution in [0.1, 0.15) is 11.1 Å². The van der Waals surface area contributed by atoms with E-state index >= 15 is 0 Å². The molecule has 0 aliphatic carbocycles. The molecule has 0 saturated heterocycles. The van der Waals surface area contributed by atoms with Gasteiger partial charge in [-0.25, -0.2) is 0 Å². The van der Waals surface area contributed by atoms with E-state index in [1.54, 1.807) is 24.8 Å². The van der Waals surface area contributed by atoms with E-state index in [1.807, 2.05) is 0 Å². The first kappa shape index (κ1) is 10.4. The van der Waals surface area contributed by atoms with Gasteiger partial charge in [-0.2, -0.15) is 0 Å². The Morgan fingerprint density at radius 1 is 0.714 bits per heavy atom. The fourth-order valence-corrected chi connectivity index (χ4v) is 0.916. The number of nitrogens with zero attached hydrogens (tertiary/aromatic N) is 2. The monoisotopic (exact) mass is 186 g/mol. The van der Waals surface area contributed by atoms with Gasteiger partial charge in [-0.15, -0.1) is 0 Å². The summed E-state index contributed by atoms with van der Waals surface area (Å²) in [5, 5.41) is 0. The Kier molecular flexibility index (Phi) is 4.35. The lowest BCUT2D eigenvalue weighted by Gasteiger charge is -1.93. The van der Waals surface area contributed by atoms with Gasteiger partial charge in [-0.1, -0.05) is 24.3 Å². The molecule has 0 atom stereocenters. The molecule has 2 nitrogen and oxygen atoms in total. The maximum atomic E-state index is 3.72. The first-order valence-corrected chi connectivity index (χ1v) is 4.53. The van der Waals surface area contributed by atoms with Crippen molar-refractivity contribution in [2.24, 2.45) is 0 Å². The summed E-state index contributed by atoms with van der Waals surface area (Å²) in [6, 6.07) is 8.36. The normalized spacial score (nSPS) is 8.71. The van der Waals surface area contributed by atoms with Crippen LogP contribution in [-0.2, 0) is 0 Å². The van der Waals surface area contributed by atoms with Crippen molar-refractivity contribution in [1.29, 1.82) is 0 Å². The molecule has 0 N–H and O–H groups in total. The van der Waals surface area contributed by atoms with E-state index in [0.717, 1.165) is 0 Å². The summed E-state index contributed by atoms with van der Waals surface area (Å²) in [4.78, 5) is 7.44. The van der Waals surface area contributed by atoms with E-state index in [2.05, 4.69) is 48.1 Å². The molecule has 72 valence electrons. The second-order valence-corrected chi connectivity index (χ2v) is 2.98. The molecule has 2 rings (SSSR count). The molecule has 0 bridgehead atoms. The van der Waals surface area contributed by atoms with Crippen molar-refractivity contribution >= 4 is 0 Å². The van der Waals surface area contributed by atoms with Gasteiger partial charge in [-0.3, -0.25) is 9.97 Å². The Bertz CT molecular complexity index is 310. The predicted molar refractivity (Wildman–Crippen MR) is 57.9 cm³/mol. The van der Waals surface area contributed by atoms with E-state index in [0.29, 0.717) is 0 Å². The molecule has 0 radical (unpaired) electrons. The van der Waals surface area contributed by atoms with Crippen LogP contribution in [0.25, 0.3) is 0 Å². The van der Waals surface area contributed by atoms with E-state index in [4.69, 9.17) is 0 Å². The lowest BCUT2D eigenvalue weighted by Crippen LogP contribution is -1.74. The highest BCUT2D eigenvalue weighted by Crippen LogP contribution is 2.02. The summed E-state index contributed by atoms with van der Waals surface area (Å²) in [6.07, 6.45) is 6.56. The van der Waals surface area contributed by atoms with Crippen LogP contribution in [-0.4, -0.2) is 9.97 Å². The van der Waals surface area contributed by atoms with Crippen molar-refractivity contribution in [3.8, 4) is 0 Å². The van der Waals surface area contributed by atoms with Crippen LogP contribution >= 0.6 is 0 Å². The van der Waals surface area contributed by atoms with Crippen LogP contribution in [0.3, 0.4) is 0 Å². The number of aryl methyl sites for hydroxylation is 2. The predicted octanol–water partition coefficient (Wildman–Crippen LogP) is 2.78. The maximum Gasteiger partial charge on any atom is 0.0451 e. The minimum absolute atomic E-state index is 1.37. The minimum atomic E-state index is 1.37. The maximum absolute atomic E-state index is 3.72. The first-order valence-electron chi connectivity index (χ1n) is 4.53. The zero-order chi connectivity index (χ0) is 10.2. The Morgan fingerprint density at radius 3 is 1.29 bits per heavy atom. The third-order valence-electron chi connectivity index (χ3n) is 1.90. The summed E-state index contributed by atoms with van der Waals surface area (Å²) in [7, 11) is 0. The van der Waals surface area contributed by atoms with E-state index in [-0.39, 0.29) is 0 Å². The lowest BCUT2D eigenvalue weighted by atomic mass is 10.1. The van der Waals surface area contributed by atoms with Crippen LogP contribution in [0.5, 0.6) is 0 Å². The average Bonchev–Trinajstić information content (AvgIpc) is 2.26. The van der Waals surface area contributed by atoms with Crippen LogP contribution in [0, 0.1) is 13.8 Å². The summed E-state index contributed by atoms with van der Waals surface area (Å²) in [5.74, 6) is 0. The summed E-state index contributed by atoms with van der Waals surface area (Å²) < 4.78 is 0. The van der Waals surface area contributed by atoms with Gasteiger partial charge in [0, 0.05) is 24.8 Å². The molecule has 1 aromatic carbocycles. The highest BCUT2D eigenvalue weighted by Gasteiger charge is 1.83. The van der Waals surface area contributed by atoms with Crippen molar-refractivity contribution < 1.29 is 0 Å². The quantitative estimate of drug-likeness (QED) is 0.632. The molecular weight excluding hydrogens is 172 g/mol. The number of benzene rings is 1. The fourth-order valence-electron chi connectivity index (χ4n) is 0.916. The van der Waals surface area contributed by atoms with Crippen molar-refractivity contribution in [2.75, 3.05) is 0 Å². The number of rotatable bonds is 0. The Balaban J connectivity index is 0.000000146. The van der Waals surface area contributed by atoms with Crippen LogP contribution in [0.15, 0.2) is 49.1 Å². The Hall–Kier alpha value is -1.70. The third-order valence-corrected chi connectivity index (χ3v) is 1.90. The third kappa shape index (κ3) is 3.81. The highest BCUT2D eigenvalue weighted by molar-refractivity contribution is 5.23. The van der Waals surface area contributed by atoms with Crippen molar-refractivity contribution in [3.05, 3.63) is 60.2 Å². The van der Waals surface area contributed by atoms with Gasteiger partial charge in [-0.05, 0) is 25.0 Å². The van der Waals surface area contributed by atoms with Gasteiger partial charge in [0.15, 0.2) is 0 Å². The van der Waals surface area contributed by atoms with Crippen LogP contribution < -0.4 is 0 Å². The summed E-state index contributed by atoms with van der Waals surface area (Å²) >= 11 is 0. The molecule has 0 aliphatic rings. The highest BCUT2D eigenvalue weighted by atomic mass is 14.7. The van der Waals surface area contributed by atoms with Gasteiger partial charge in [0.05, 0.1) is 0 Å². The molecule has 2 heteroatoms. The van der Waals surface area contributed by atoms with Gasteiger partial charge in [0.1, 0.15) is 0 Å². The molecule has 0 aliphatic heterocycles. The number of aromatic nitrogens is 2. The molecule has 0 saturated carbocycles. The van der Waals surface area contributed by atoms with Gasteiger partial charge in [0.25, 0.3) is 0 Å². The molecule has 0 amide bonds. The van der Waals surface area contributed by atoms with Gasteiger partial charge < -0.3 is 0 Å². The molecule has 0 unspecified atom stereocenters. The largest absolute Gasteiger partial charge is 0.262 e. The van der Waals surface area contributed by atoms with Crippen molar-refractivity contribution in [1.82, 2.24) is 9.97 Å². The Morgan fingerprint density at radius 2 is 1.07 bits per heavy atom. The molecule has 1 heterocycles. The van der Waals surface area contributed by atoms with Crippen LogP contribution in [0.4, 0.5) is 0 Å². The second kappa shape index (κ2) is 5.86. The summed E-state index contributed by atoms with van der Waals surface area (Å²) in [5.41, 5.74) is 2.74.